The predicted molar refractivity (Wildman–Crippen MR) is 107 cm³/mol. The fourth-order valence-corrected chi connectivity index (χ4v) is 3.31. The second-order valence-corrected chi connectivity index (χ2v) is 7.31. The summed E-state index contributed by atoms with van der Waals surface area (Å²) in [5.41, 5.74) is 2.23. The van der Waals surface area contributed by atoms with Gasteiger partial charge in [0.15, 0.2) is 11.4 Å². The van der Waals surface area contributed by atoms with E-state index in [0.717, 1.165) is 10.8 Å². The number of fused-ring (bicyclic) bond motifs is 1. The molecule has 0 saturated heterocycles. The molecule has 30 heavy (non-hydrogen) atoms. The lowest BCUT2D eigenvalue weighted by molar-refractivity contribution is -0.152. The maximum atomic E-state index is 13.1. The van der Waals surface area contributed by atoms with Gasteiger partial charge in [0.1, 0.15) is 12.7 Å². The van der Waals surface area contributed by atoms with Gasteiger partial charge >= 0.3 is 5.97 Å². The van der Waals surface area contributed by atoms with Crippen molar-refractivity contribution in [1.29, 1.82) is 0 Å². The van der Waals surface area contributed by atoms with Crippen LogP contribution in [-0.4, -0.2) is 46.1 Å². The average Bonchev–Trinajstić information content (AvgIpc) is 3.18. The van der Waals surface area contributed by atoms with Gasteiger partial charge < -0.3 is 10.4 Å². The van der Waals surface area contributed by atoms with Crippen LogP contribution in [0.3, 0.4) is 0 Å². The molecular formula is C21H22FN3O5. The minimum atomic E-state index is -1.54. The van der Waals surface area contributed by atoms with Crippen LogP contribution in [0, 0.1) is 5.92 Å². The quantitative estimate of drug-likeness (QED) is 0.604. The number of carboxylic acids is 1. The Kier molecular flexibility index (Phi) is 6.12. The summed E-state index contributed by atoms with van der Waals surface area (Å²) in [7, 11) is 0. The van der Waals surface area contributed by atoms with Gasteiger partial charge in [0.2, 0.25) is 0 Å². The molecule has 1 aliphatic heterocycles. The number of hydroxylamine groups is 1. The van der Waals surface area contributed by atoms with Gasteiger partial charge in [-0.1, -0.05) is 38.1 Å². The molecule has 1 aromatic heterocycles. The van der Waals surface area contributed by atoms with Gasteiger partial charge in [-0.25, -0.2) is 4.39 Å². The fraction of sp³-hybridized carbons (Fsp3) is 0.333. The first-order chi connectivity index (χ1) is 14.3. The molecule has 2 atom stereocenters. The number of hydrogen-bond donors (Lipinski definition) is 3. The first-order valence-electron chi connectivity index (χ1n) is 9.41. The van der Waals surface area contributed by atoms with Crippen LogP contribution in [0.4, 0.5) is 4.39 Å². The molecule has 8 nitrogen and oxygen atoms in total. The van der Waals surface area contributed by atoms with Crippen molar-refractivity contribution in [3.8, 4) is 0 Å². The van der Waals surface area contributed by atoms with Crippen molar-refractivity contribution >= 4 is 34.1 Å². The summed E-state index contributed by atoms with van der Waals surface area (Å²) < 4.78 is 12.8. The third-order valence-electron chi connectivity index (χ3n) is 5.03. The zero-order valence-corrected chi connectivity index (χ0v) is 16.5. The molecule has 0 fully saturated rings. The van der Waals surface area contributed by atoms with Crippen LogP contribution >= 0.6 is 0 Å². The Balaban J connectivity index is 1.96. The zero-order valence-electron chi connectivity index (χ0n) is 16.5. The van der Waals surface area contributed by atoms with Crippen LogP contribution in [0.2, 0.25) is 0 Å². The molecule has 3 N–H and O–H groups in total. The van der Waals surface area contributed by atoms with Crippen molar-refractivity contribution in [3.05, 3.63) is 48.3 Å². The maximum absolute atomic E-state index is 13.1. The van der Waals surface area contributed by atoms with E-state index in [4.69, 9.17) is 9.94 Å². The molecule has 1 aromatic carbocycles. The number of carbonyl (C=O) groups excluding carboxylic acids is 2. The Morgan fingerprint density at radius 3 is 2.67 bits per heavy atom. The topological polar surface area (TPSA) is 118 Å². The second kappa shape index (κ2) is 8.58. The van der Waals surface area contributed by atoms with E-state index in [0.29, 0.717) is 11.4 Å². The number of halogens is 1. The van der Waals surface area contributed by atoms with Gasteiger partial charge in [0, 0.05) is 11.6 Å². The normalized spacial score (nSPS) is 19.3. The number of aromatic nitrogens is 1. The van der Waals surface area contributed by atoms with Crippen LogP contribution in [0.1, 0.15) is 26.0 Å². The number of Topliss-reactive ketones (excluding diaryl/α,β-unsaturated/α-hetero) is 1. The van der Waals surface area contributed by atoms with E-state index in [1.165, 1.54) is 0 Å². The highest BCUT2D eigenvalue weighted by atomic mass is 19.1. The molecule has 1 amide bonds. The minimum Gasteiger partial charge on any atom is -0.481 e. The summed E-state index contributed by atoms with van der Waals surface area (Å²) >= 11 is 0. The number of benzene rings is 1. The summed E-state index contributed by atoms with van der Waals surface area (Å²) in [6.45, 7) is 2.09. The van der Waals surface area contributed by atoms with Gasteiger partial charge in [-0.2, -0.15) is 0 Å². The van der Waals surface area contributed by atoms with Crippen LogP contribution in [0.25, 0.3) is 16.5 Å². The third kappa shape index (κ3) is 4.02. The predicted octanol–water partition coefficient (Wildman–Crippen LogP) is 2.00. The molecule has 2 aromatic rings. The van der Waals surface area contributed by atoms with E-state index in [2.05, 4.69) is 15.8 Å². The second-order valence-electron chi connectivity index (χ2n) is 7.31. The van der Waals surface area contributed by atoms with Crippen molar-refractivity contribution in [1.82, 2.24) is 15.8 Å². The molecule has 0 spiro atoms. The molecule has 0 unspecified atom stereocenters. The molecule has 9 heteroatoms. The Morgan fingerprint density at radius 1 is 1.27 bits per heavy atom. The molecular weight excluding hydrogens is 393 g/mol. The summed E-state index contributed by atoms with van der Waals surface area (Å²) in [5, 5.41) is 13.1. The van der Waals surface area contributed by atoms with Crippen molar-refractivity contribution < 1.29 is 28.7 Å². The summed E-state index contributed by atoms with van der Waals surface area (Å²) in [6, 6.07) is 7.95. The number of pyridine rings is 1. The lowest BCUT2D eigenvalue weighted by atomic mass is 9.87. The Labute approximate surface area is 172 Å². The lowest BCUT2D eigenvalue weighted by Crippen LogP contribution is -2.55. The highest BCUT2D eigenvalue weighted by molar-refractivity contribution is 5.98. The van der Waals surface area contributed by atoms with Crippen LogP contribution in [0.5, 0.6) is 0 Å². The average molecular weight is 415 g/mol. The number of carboxylic acid groups (broad SMARTS) is 1. The van der Waals surface area contributed by atoms with Crippen LogP contribution in [0.15, 0.2) is 42.6 Å². The number of aliphatic carboxylic acids is 1. The van der Waals surface area contributed by atoms with Gasteiger partial charge in [-0.15, -0.1) is 0 Å². The van der Waals surface area contributed by atoms with Crippen molar-refractivity contribution in [2.24, 2.45) is 5.92 Å². The molecule has 0 saturated carbocycles. The lowest BCUT2D eigenvalue weighted by Gasteiger charge is -2.29. The molecule has 158 valence electrons. The van der Waals surface area contributed by atoms with E-state index in [1.54, 1.807) is 26.1 Å². The number of carbonyl (C=O) groups is 3. The Hall–Kier alpha value is -3.33. The van der Waals surface area contributed by atoms with E-state index >= 15 is 0 Å². The van der Waals surface area contributed by atoms with Gasteiger partial charge in [-0.05, 0) is 23.4 Å². The highest BCUT2D eigenvalue weighted by Crippen LogP contribution is 2.34. The van der Waals surface area contributed by atoms with E-state index in [-0.39, 0.29) is 0 Å². The van der Waals surface area contributed by atoms with E-state index in [1.807, 2.05) is 30.3 Å². The number of rotatable bonds is 8. The van der Waals surface area contributed by atoms with Crippen molar-refractivity contribution in [3.63, 3.8) is 0 Å². The number of ketones is 1. The maximum Gasteiger partial charge on any atom is 0.305 e. The molecule has 0 bridgehead atoms. The monoisotopic (exact) mass is 415 g/mol. The first kappa shape index (κ1) is 21.4. The van der Waals surface area contributed by atoms with Crippen LogP contribution < -0.4 is 10.8 Å². The van der Waals surface area contributed by atoms with E-state index < -0.39 is 48.3 Å². The van der Waals surface area contributed by atoms with Gasteiger partial charge in [-0.3, -0.25) is 29.7 Å². The third-order valence-corrected chi connectivity index (χ3v) is 5.03. The van der Waals surface area contributed by atoms with Crippen molar-refractivity contribution in [2.75, 3.05) is 6.67 Å². The van der Waals surface area contributed by atoms with Gasteiger partial charge in [0.05, 0.1) is 17.8 Å². The molecule has 0 radical (unpaired) electrons. The number of nitrogens with zero attached hydrogens (tertiary/aromatic N) is 1. The Bertz CT molecular complexity index is 1020. The molecule has 0 aliphatic carbocycles. The summed E-state index contributed by atoms with van der Waals surface area (Å²) in [4.78, 5) is 45.9. The fourth-order valence-electron chi connectivity index (χ4n) is 3.31. The minimum absolute atomic E-state index is 0.400. The number of hydrogen-bond acceptors (Lipinski definition) is 6. The standard InChI is InChI=1S/C21H22FN3O5/c1-12(2)21(20(29)24-15(9-18(27)28)17(26)11-22)10-16(25-30-21)19-14-6-4-3-5-13(14)7-8-23-19/h3-8,10,12,15,25H,9,11H2,1-2H3,(H,24,29)(H,27,28)/t15-,21-/m1/s1. The van der Waals surface area contributed by atoms with Crippen LogP contribution in [-0.2, 0) is 19.2 Å². The van der Waals surface area contributed by atoms with Crippen molar-refractivity contribution in [2.45, 2.75) is 31.9 Å². The largest absolute Gasteiger partial charge is 0.481 e. The number of nitrogens with one attached hydrogen (secondary N) is 2. The smallest absolute Gasteiger partial charge is 0.305 e. The SMILES string of the molecule is CC(C)[C@@]1(C(=O)N[C@H](CC(=O)O)C(=O)CF)C=C(c2nccc3ccccc23)NO1. The van der Waals surface area contributed by atoms with E-state index in [9.17, 15) is 18.8 Å². The van der Waals surface area contributed by atoms with Gasteiger partial charge in [0.25, 0.3) is 5.91 Å². The number of amides is 1. The summed E-state index contributed by atoms with van der Waals surface area (Å²) in [5.74, 6) is -3.49. The summed E-state index contributed by atoms with van der Waals surface area (Å²) in [6.07, 6.45) is 2.47. The number of alkyl halides is 1. The molecule has 3 rings (SSSR count). The Morgan fingerprint density at radius 2 is 2.00 bits per heavy atom. The zero-order chi connectivity index (χ0) is 21.9. The highest BCUT2D eigenvalue weighted by Gasteiger charge is 2.47. The molecule has 1 aliphatic rings. The first-order valence-corrected chi connectivity index (χ1v) is 9.41. The molecule has 2 heterocycles.